The highest BCUT2D eigenvalue weighted by Crippen LogP contribution is 2.10. The first-order chi connectivity index (χ1) is 9.38. The third-order valence-electron chi connectivity index (χ3n) is 2.60. The summed E-state index contributed by atoms with van der Waals surface area (Å²) in [5.41, 5.74) is 0.405. The van der Waals surface area contributed by atoms with E-state index in [9.17, 15) is 14.7 Å². The summed E-state index contributed by atoms with van der Waals surface area (Å²) in [6.07, 6.45) is -0.0140. The lowest BCUT2D eigenvalue weighted by Gasteiger charge is -2.15. The number of hydrogen-bond acceptors (Lipinski definition) is 3. The van der Waals surface area contributed by atoms with E-state index in [-0.39, 0.29) is 24.4 Å². The Balaban J connectivity index is 2.39. The molecule has 0 bridgehead atoms. The van der Waals surface area contributed by atoms with Gasteiger partial charge in [-0.15, -0.1) is 0 Å². The van der Waals surface area contributed by atoms with Crippen LogP contribution in [0.2, 0.25) is 5.02 Å². The number of aliphatic hydroxyl groups excluding tert-OH is 1. The van der Waals surface area contributed by atoms with Gasteiger partial charge in [0.05, 0.1) is 12.6 Å². The topological polar surface area (TPSA) is 78.4 Å². The smallest absolute Gasteiger partial charge is 0.251 e. The molecule has 3 N–H and O–H groups in total. The Hall–Kier alpha value is -1.59. The number of carbonyl (C=O) groups excluding carboxylic acids is 2. The van der Waals surface area contributed by atoms with Crippen LogP contribution in [0.25, 0.3) is 0 Å². The molecular weight excluding hydrogens is 280 g/mol. The van der Waals surface area contributed by atoms with Crippen molar-refractivity contribution in [2.75, 3.05) is 6.54 Å². The Kier molecular flexibility index (Phi) is 6.48. The predicted molar refractivity (Wildman–Crippen MR) is 77.7 cm³/mol. The number of hydrogen-bond donors (Lipinski definition) is 3. The highest BCUT2D eigenvalue weighted by atomic mass is 35.5. The molecule has 0 aliphatic carbocycles. The molecule has 0 saturated heterocycles. The Bertz CT molecular complexity index is 477. The lowest BCUT2D eigenvalue weighted by atomic mass is 10.1. The fourth-order valence-electron chi connectivity index (χ4n) is 1.79. The Labute approximate surface area is 123 Å². The molecule has 0 saturated carbocycles. The fourth-order valence-corrected chi connectivity index (χ4v) is 1.98. The van der Waals surface area contributed by atoms with Gasteiger partial charge in [0, 0.05) is 16.6 Å². The van der Waals surface area contributed by atoms with Gasteiger partial charge >= 0.3 is 0 Å². The third kappa shape index (κ3) is 6.04. The van der Waals surface area contributed by atoms with Crippen molar-refractivity contribution in [2.24, 2.45) is 0 Å². The summed E-state index contributed by atoms with van der Waals surface area (Å²) >= 11 is 5.79. The first-order valence-corrected chi connectivity index (χ1v) is 6.77. The van der Waals surface area contributed by atoms with E-state index >= 15 is 0 Å². The Morgan fingerprint density at radius 3 is 2.65 bits per heavy atom. The van der Waals surface area contributed by atoms with Crippen LogP contribution in [-0.2, 0) is 4.79 Å². The van der Waals surface area contributed by atoms with E-state index in [1.807, 2.05) is 0 Å². The number of aliphatic hydroxyl groups is 1. The van der Waals surface area contributed by atoms with Crippen molar-refractivity contribution < 1.29 is 14.7 Å². The molecule has 6 heteroatoms. The average Bonchev–Trinajstić information content (AvgIpc) is 2.34. The third-order valence-corrected chi connectivity index (χ3v) is 2.83. The van der Waals surface area contributed by atoms with Crippen LogP contribution < -0.4 is 10.6 Å². The standard InChI is InChI=1S/C14H19ClN2O3/c1-9(6-10(2)18)17-13(19)8-16-14(20)11-4-3-5-12(15)7-11/h3-5,7,9-10,18H,6,8H2,1-2H3,(H,16,20)(H,17,19). The van der Waals surface area contributed by atoms with Crippen LogP contribution in [0.15, 0.2) is 24.3 Å². The maximum absolute atomic E-state index is 11.8. The van der Waals surface area contributed by atoms with E-state index < -0.39 is 6.10 Å². The SMILES string of the molecule is CC(O)CC(C)NC(=O)CNC(=O)c1cccc(Cl)c1. The molecule has 2 unspecified atom stereocenters. The monoisotopic (exact) mass is 298 g/mol. The van der Waals surface area contributed by atoms with Gasteiger partial charge in [-0.05, 0) is 38.5 Å². The van der Waals surface area contributed by atoms with E-state index in [0.717, 1.165) is 0 Å². The maximum atomic E-state index is 11.8. The Morgan fingerprint density at radius 2 is 2.05 bits per heavy atom. The fraction of sp³-hybridized carbons (Fsp3) is 0.429. The van der Waals surface area contributed by atoms with Gasteiger partial charge in [0.1, 0.15) is 0 Å². The molecular formula is C14H19ClN2O3. The van der Waals surface area contributed by atoms with E-state index in [1.54, 1.807) is 32.0 Å². The van der Waals surface area contributed by atoms with Gasteiger partial charge in [0.2, 0.25) is 5.91 Å². The summed E-state index contributed by atoms with van der Waals surface area (Å²) in [7, 11) is 0. The van der Waals surface area contributed by atoms with Crippen LogP contribution in [0.3, 0.4) is 0 Å². The molecule has 110 valence electrons. The molecule has 0 aliphatic heterocycles. The number of halogens is 1. The molecule has 5 nitrogen and oxygen atoms in total. The largest absolute Gasteiger partial charge is 0.393 e. The van der Waals surface area contributed by atoms with Gasteiger partial charge in [-0.2, -0.15) is 0 Å². The second-order valence-electron chi connectivity index (χ2n) is 4.75. The highest BCUT2D eigenvalue weighted by Gasteiger charge is 2.11. The number of nitrogens with one attached hydrogen (secondary N) is 2. The van der Waals surface area contributed by atoms with Crippen molar-refractivity contribution in [1.82, 2.24) is 10.6 Å². The zero-order valence-electron chi connectivity index (χ0n) is 11.5. The van der Waals surface area contributed by atoms with Crippen molar-refractivity contribution in [2.45, 2.75) is 32.4 Å². The van der Waals surface area contributed by atoms with Crippen LogP contribution in [-0.4, -0.2) is 35.6 Å². The number of rotatable bonds is 6. The van der Waals surface area contributed by atoms with Gasteiger partial charge < -0.3 is 15.7 Å². The minimum absolute atomic E-state index is 0.116. The molecule has 0 radical (unpaired) electrons. The number of carbonyl (C=O) groups is 2. The molecule has 0 aliphatic rings. The van der Waals surface area contributed by atoms with Gasteiger partial charge in [-0.1, -0.05) is 17.7 Å². The van der Waals surface area contributed by atoms with Crippen LogP contribution in [0, 0.1) is 0 Å². The average molecular weight is 299 g/mol. The second-order valence-corrected chi connectivity index (χ2v) is 5.18. The molecule has 2 amide bonds. The zero-order valence-corrected chi connectivity index (χ0v) is 12.3. The van der Waals surface area contributed by atoms with Crippen molar-refractivity contribution in [1.29, 1.82) is 0 Å². The van der Waals surface area contributed by atoms with Crippen LogP contribution >= 0.6 is 11.6 Å². The van der Waals surface area contributed by atoms with Crippen molar-refractivity contribution in [3.05, 3.63) is 34.9 Å². The van der Waals surface area contributed by atoms with Gasteiger partial charge in [-0.25, -0.2) is 0 Å². The van der Waals surface area contributed by atoms with Crippen molar-refractivity contribution in [3.63, 3.8) is 0 Å². The second kappa shape index (κ2) is 7.87. The molecule has 1 aromatic rings. The molecule has 2 atom stereocenters. The first kappa shape index (κ1) is 16.5. The van der Waals surface area contributed by atoms with Crippen LogP contribution in [0.1, 0.15) is 30.6 Å². The first-order valence-electron chi connectivity index (χ1n) is 6.39. The van der Waals surface area contributed by atoms with Crippen molar-refractivity contribution in [3.8, 4) is 0 Å². The molecule has 1 rings (SSSR count). The quantitative estimate of drug-likeness (QED) is 0.742. The highest BCUT2D eigenvalue weighted by molar-refractivity contribution is 6.30. The minimum atomic E-state index is -0.480. The molecule has 0 fully saturated rings. The predicted octanol–water partition coefficient (Wildman–Crippen LogP) is 1.35. The molecule has 20 heavy (non-hydrogen) atoms. The summed E-state index contributed by atoms with van der Waals surface area (Å²) in [4.78, 5) is 23.4. The minimum Gasteiger partial charge on any atom is -0.393 e. The molecule has 0 heterocycles. The van der Waals surface area contributed by atoms with E-state index in [0.29, 0.717) is 17.0 Å². The lowest BCUT2D eigenvalue weighted by Crippen LogP contribution is -2.41. The molecule has 1 aromatic carbocycles. The lowest BCUT2D eigenvalue weighted by molar-refractivity contribution is -0.120. The number of amides is 2. The summed E-state index contributed by atoms with van der Waals surface area (Å²) in [5.74, 6) is -0.653. The normalized spacial score (nSPS) is 13.4. The summed E-state index contributed by atoms with van der Waals surface area (Å²) < 4.78 is 0. The summed E-state index contributed by atoms with van der Waals surface area (Å²) in [5, 5.41) is 14.9. The van der Waals surface area contributed by atoms with E-state index in [1.165, 1.54) is 6.07 Å². The Morgan fingerprint density at radius 1 is 1.35 bits per heavy atom. The zero-order chi connectivity index (χ0) is 15.1. The van der Waals surface area contributed by atoms with Gasteiger partial charge in [-0.3, -0.25) is 9.59 Å². The van der Waals surface area contributed by atoms with Crippen LogP contribution in [0.5, 0.6) is 0 Å². The van der Waals surface area contributed by atoms with Crippen molar-refractivity contribution >= 4 is 23.4 Å². The molecule has 0 aromatic heterocycles. The molecule has 0 spiro atoms. The van der Waals surface area contributed by atoms with E-state index in [4.69, 9.17) is 11.6 Å². The van der Waals surface area contributed by atoms with Crippen LogP contribution in [0.4, 0.5) is 0 Å². The maximum Gasteiger partial charge on any atom is 0.251 e. The summed E-state index contributed by atoms with van der Waals surface area (Å²) in [6.45, 7) is 3.34. The number of benzene rings is 1. The van der Waals surface area contributed by atoms with Gasteiger partial charge in [0.15, 0.2) is 0 Å². The summed E-state index contributed by atoms with van der Waals surface area (Å²) in [6, 6.07) is 6.34. The van der Waals surface area contributed by atoms with Gasteiger partial charge in [0.25, 0.3) is 5.91 Å². The van der Waals surface area contributed by atoms with E-state index in [2.05, 4.69) is 10.6 Å².